The number of carbonyl (C=O) groups excluding carboxylic acids is 1. The van der Waals surface area contributed by atoms with Crippen LogP contribution in [0.1, 0.15) is 44.2 Å². The number of aliphatic hydroxyl groups is 3. The van der Waals surface area contributed by atoms with Crippen LogP contribution in [0.4, 0.5) is 0 Å². The number of hydrogen-bond acceptors (Lipinski definition) is 11. The van der Waals surface area contributed by atoms with Crippen molar-refractivity contribution in [2.45, 2.75) is 68.4 Å². The van der Waals surface area contributed by atoms with Crippen LogP contribution in [0.15, 0.2) is 42.5 Å². The number of ether oxygens (including phenoxy) is 2. The van der Waals surface area contributed by atoms with Crippen molar-refractivity contribution in [1.29, 1.82) is 0 Å². The van der Waals surface area contributed by atoms with Gasteiger partial charge in [0.15, 0.2) is 11.9 Å². The van der Waals surface area contributed by atoms with Gasteiger partial charge in [-0.25, -0.2) is 9.59 Å². The monoisotopic (exact) mass is 546 g/mol. The van der Waals surface area contributed by atoms with Crippen LogP contribution < -0.4 is 0 Å². The predicted molar refractivity (Wildman–Crippen MR) is 129 cm³/mol. The maximum atomic E-state index is 12.6. The molecule has 4 rings (SSSR count). The number of nitrogens with one attached hydrogen (secondary N) is 1. The second kappa shape index (κ2) is 10.2. The smallest absolute Gasteiger partial charge is 0.342 e. The SMILES string of the molecule is C=C(CC[C@]12O[C@H](c3nn[nH]n3)[C@@](O)(C(=O)O)[C@](C(=O)O)(O1)[C@H](O)[C@H]2O)[C@@H](C(C)=O)[C@H](C)Cc1ccccc1. The number of carboxylic acid groups (broad SMARTS) is 2. The van der Waals surface area contributed by atoms with E-state index < -0.39 is 59.0 Å². The normalized spacial score (nSPS) is 33.3. The molecule has 2 saturated heterocycles. The lowest BCUT2D eigenvalue weighted by Gasteiger charge is -2.49. The molecule has 2 aromatic rings. The highest BCUT2D eigenvalue weighted by molar-refractivity contribution is 5.93. The molecule has 2 aliphatic rings. The highest BCUT2D eigenvalue weighted by Gasteiger charge is 2.84. The molecule has 0 spiro atoms. The first-order valence-electron chi connectivity index (χ1n) is 12.2. The average molecular weight is 547 g/mol. The zero-order chi connectivity index (χ0) is 28.8. The number of H-pyrrole nitrogens is 1. The second-order valence-corrected chi connectivity index (χ2v) is 10.1. The van der Waals surface area contributed by atoms with Crippen molar-refractivity contribution in [3.05, 3.63) is 53.9 Å². The van der Waals surface area contributed by atoms with Gasteiger partial charge in [-0.3, -0.25) is 4.79 Å². The number of rotatable bonds is 11. The van der Waals surface area contributed by atoms with E-state index in [4.69, 9.17) is 9.47 Å². The molecule has 2 fully saturated rings. The van der Waals surface area contributed by atoms with Crippen molar-refractivity contribution in [2.75, 3.05) is 0 Å². The van der Waals surface area contributed by atoms with E-state index in [0.29, 0.717) is 12.0 Å². The largest absolute Gasteiger partial charge is 0.479 e. The van der Waals surface area contributed by atoms with Gasteiger partial charge in [0, 0.05) is 12.3 Å². The summed E-state index contributed by atoms with van der Waals surface area (Å²) in [5.41, 5.74) is -5.31. The van der Waals surface area contributed by atoms with Gasteiger partial charge in [-0.2, -0.15) is 5.21 Å². The van der Waals surface area contributed by atoms with Gasteiger partial charge in [-0.05, 0) is 31.2 Å². The van der Waals surface area contributed by atoms with Crippen LogP contribution in [-0.4, -0.2) is 93.1 Å². The molecule has 14 nitrogen and oxygen atoms in total. The summed E-state index contributed by atoms with van der Waals surface area (Å²) >= 11 is 0. The topological polar surface area (TPSA) is 225 Å². The Bertz CT molecular complexity index is 1260. The third-order valence-electron chi connectivity index (χ3n) is 7.64. The number of aromatic nitrogens is 4. The highest BCUT2D eigenvalue weighted by atomic mass is 16.8. The van der Waals surface area contributed by atoms with Gasteiger partial charge in [0.25, 0.3) is 0 Å². The molecule has 0 amide bonds. The number of fused-ring (bicyclic) bond motifs is 2. The summed E-state index contributed by atoms with van der Waals surface area (Å²) in [6.07, 6.45) is -6.53. The molecule has 0 aliphatic carbocycles. The van der Waals surface area contributed by atoms with E-state index in [1.807, 2.05) is 37.3 Å². The van der Waals surface area contributed by atoms with Crippen LogP contribution in [0.25, 0.3) is 0 Å². The molecule has 2 bridgehead atoms. The fourth-order valence-corrected chi connectivity index (χ4v) is 5.80. The molecule has 39 heavy (non-hydrogen) atoms. The number of aromatic amines is 1. The first-order valence-corrected chi connectivity index (χ1v) is 12.2. The van der Waals surface area contributed by atoms with E-state index in [9.17, 15) is 39.9 Å². The van der Waals surface area contributed by atoms with E-state index in [1.165, 1.54) is 6.92 Å². The molecular weight excluding hydrogens is 516 g/mol. The molecular formula is C25H30N4O10. The molecule has 0 unspecified atom stereocenters. The Morgan fingerprint density at radius 3 is 2.33 bits per heavy atom. The minimum absolute atomic E-state index is 0.0483. The van der Waals surface area contributed by atoms with E-state index in [-0.39, 0.29) is 24.5 Å². The number of Topliss-reactive ketones (excluding diaryl/α,β-unsaturated/α-hetero) is 1. The number of hydrogen-bond donors (Lipinski definition) is 6. The minimum atomic E-state index is -3.48. The Morgan fingerprint density at radius 2 is 1.79 bits per heavy atom. The number of allylic oxidation sites excluding steroid dienone is 1. The molecule has 1 aromatic heterocycles. The van der Waals surface area contributed by atoms with Gasteiger partial charge in [-0.15, -0.1) is 10.2 Å². The Labute approximate surface area is 222 Å². The quantitative estimate of drug-likeness (QED) is 0.201. The zero-order valence-corrected chi connectivity index (χ0v) is 21.2. The summed E-state index contributed by atoms with van der Waals surface area (Å²) in [6, 6.07) is 9.52. The molecule has 2 aliphatic heterocycles. The fourth-order valence-electron chi connectivity index (χ4n) is 5.80. The van der Waals surface area contributed by atoms with Crippen molar-refractivity contribution >= 4 is 17.7 Å². The molecule has 0 radical (unpaired) electrons. The third kappa shape index (κ3) is 4.33. The van der Waals surface area contributed by atoms with Gasteiger partial charge in [-0.1, -0.05) is 54.6 Å². The van der Waals surface area contributed by atoms with E-state index in [1.54, 1.807) is 0 Å². The van der Waals surface area contributed by atoms with Gasteiger partial charge in [0.2, 0.25) is 17.0 Å². The van der Waals surface area contributed by atoms with Crippen molar-refractivity contribution in [3.63, 3.8) is 0 Å². The molecule has 6 N–H and O–H groups in total. The van der Waals surface area contributed by atoms with Gasteiger partial charge < -0.3 is 35.0 Å². The lowest BCUT2D eigenvalue weighted by atomic mass is 9.74. The Hall–Kier alpha value is -3.56. The van der Waals surface area contributed by atoms with Crippen molar-refractivity contribution in [2.24, 2.45) is 11.8 Å². The summed E-state index contributed by atoms with van der Waals surface area (Å²) in [6.45, 7) is 7.36. The zero-order valence-electron chi connectivity index (χ0n) is 21.2. The summed E-state index contributed by atoms with van der Waals surface area (Å²) in [5, 5.41) is 65.7. The Morgan fingerprint density at radius 1 is 1.13 bits per heavy atom. The van der Waals surface area contributed by atoms with Crippen molar-refractivity contribution in [1.82, 2.24) is 20.6 Å². The number of benzene rings is 1. The molecule has 3 heterocycles. The number of aliphatic hydroxyl groups excluding tert-OH is 2. The Balaban J connectivity index is 1.66. The third-order valence-corrected chi connectivity index (χ3v) is 7.64. The highest BCUT2D eigenvalue weighted by Crippen LogP contribution is 2.58. The predicted octanol–water partition coefficient (Wildman–Crippen LogP) is -0.221. The number of carbonyl (C=O) groups is 3. The number of tetrazole rings is 1. The lowest BCUT2D eigenvalue weighted by Crippen LogP contribution is -2.74. The maximum Gasteiger partial charge on any atom is 0.342 e. The molecule has 210 valence electrons. The van der Waals surface area contributed by atoms with Crippen LogP contribution in [0, 0.1) is 11.8 Å². The van der Waals surface area contributed by atoms with Crippen molar-refractivity contribution < 1.29 is 49.4 Å². The molecule has 0 saturated carbocycles. The second-order valence-electron chi connectivity index (χ2n) is 10.1. The summed E-state index contributed by atoms with van der Waals surface area (Å²) in [5.74, 6) is -8.03. The van der Waals surface area contributed by atoms with Gasteiger partial charge in [0.1, 0.15) is 18.0 Å². The number of carboxylic acids is 2. The number of nitrogens with zero attached hydrogens (tertiary/aromatic N) is 3. The van der Waals surface area contributed by atoms with Crippen LogP contribution in [0.5, 0.6) is 0 Å². The minimum Gasteiger partial charge on any atom is -0.479 e. The van der Waals surface area contributed by atoms with Crippen LogP contribution in [0.2, 0.25) is 0 Å². The maximum absolute atomic E-state index is 12.6. The Kier molecular flexibility index (Phi) is 7.44. The molecule has 1 aromatic carbocycles. The average Bonchev–Trinajstić information content (AvgIpc) is 3.48. The van der Waals surface area contributed by atoms with Gasteiger partial charge >= 0.3 is 11.9 Å². The standard InChI is InChI=1S/C25H30N4O10/c1-12(16(14(3)30)13(2)11-15-7-5-4-6-8-15)9-10-23-17(31)18(32)25(39-23,22(35)36)24(37,21(33)34)19(38-23)20-26-28-29-27-20/h4-8,13,16-19,31-32,37H,1,9-11H2,2-3H3,(H,33,34)(H,35,36)(H,26,27,28,29)/t13-,16-,17-,18-,19-,23+,24-,25+/m1/s1. The fraction of sp³-hybridized carbons (Fsp3) is 0.520. The lowest BCUT2D eigenvalue weighted by molar-refractivity contribution is -0.383. The first-order chi connectivity index (χ1) is 18.3. The van der Waals surface area contributed by atoms with Crippen molar-refractivity contribution in [3.8, 4) is 0 Å². The van der Waals surface area contributed by atoms with Gasteiger partial charge in [0.05, 0.1) is 0 Å². The number of aliphatic carboxylic acids is 2. The summed E-state index contributed by atoms with van der Waals surface area (Å²) in [4.78, 5) is 37.4. The van der Waals surface area contributed by atoms with Crippen LogP contribution in [0.3, 0.4) is 0 Å². The summed E-state index contributed by atoms with van der Waals surface area (Å²) < 4.78 is 11.3. The van der Waals surface area contributed by atoms with E-state index in [2.05, 4.69) is 27.2 Å². The number of ketones is 1. The molecule has 8 atom stereocenters. The van der Waals surface area contributed by atoms with E-state index in [0.717, 1.165) is 5.56 Å². The van der Waals surface area contributed by atoms with E-state index >= 15 is 0 Å². The molecule has 14 heteroatoms. The van der Waals surface area contributed by atoms with Crippen LogP contribution >= 0.6 is 0 Å². The first kappa shape index (κ1) is 28.4. The van der Waals surface area contributed by atoms with Crippen LogP contribution in [-0.2, 0) is 30.3 Å². The summed E-state index contributed by atoms with van der Waals surface area (Å²) in [7, 11) is 0.